The Hall–Kier alpha value is -1.18. The van der Waals surface area contributed by atoms with Crippen molar-refractivity contribution in [3.8, 4) is 0 Å². The molecule has 0 aliphatic heterocycles. The maximum absolute atomic E-state index is 10.1. The summed E-state index contributed by atoms with van der Waals surface area (Å²) in [6.45, 7) is 4.10. The highest BCUT2D eigenvalue weighted by Crippen LogP contribution is 2.17. The number of hydrogen-bond acceptors (Lipinski definition) is 2. The molecule has 0 radical (unpaired) electrons. The maximum Gasteiger partial charge on any atom is 0.108 e. The van der Waals surface area contributed by atoms with Gasteiger partial charge in [-0.25, -0.2) is 0 Å². The van der Waals surface area contributed by atoms with Crippen LogP contribution in [0.5, 0.6) is 0 Å². The van der Waals surface area contributed by atoms with Crippen LogP contribution >= 0.6 is 0 Å². The zero-order valence-corrected chi connectivity index (χ0v) is 6.79. The molecule has 0 aliphatic rings. The minimum Gasteiger partial charge on any atom is -0.145 e. The molecular formula is C9H11NO. The SMILES string of the molecule is CCc1cc(N=O)ccc1C. The van der Waals surface area contributed by atoms with Crippen LogP contribution in [0.15, 0.2) is 23.4 Å². The third-order valence-corrected chi connectivity index (χ3v) is 1.82. The molecule has 0 spiro atoms. The Balaban J connectivity index is 3.12. The standard InChI is InChI=1S/C9H11NO/c1-3-8-6-9(10-11)5-4-7(8)2/h4-6H,3H2,1-2H3. The van der Waals surface area contributed by atoms with Gasteiger partial charge in [-0.15, -0.1) is 4.91 Å². The van der Waals surface area contributed by atoms with Crippen LogP contribution in [0.1, 0.15) is 18.1 Å². The molecule has 2 heteroatoms. The van der Waals surface area contributed by atoms with Crippen molar-refractivity contribution < 1.29 is 0 Å². The summed E-state index contributed by atoms with van der Waals surface area (Å²) in [5.74, 6) is 0. The number of nitrogens with zero attached hydrogens (tertiary/aromatic N) is 1. The number of benzene rings is 1. The third kappa shape index (κ3) is 1.64. The van der Waals surface area contributed by atoms with Crippen molar-refractivity contribution in [1.29, 1.82) is 0 Å². The van der Waals surface area contributed by atoms with Crippen LogP contribution in [0.4, 0.5) is 5.69 Å². The van der Waals surface area contributed by atoms with E-state index in [1.807, 2.05) is 19.1 Å². The molecule has 2 nitrogen and oxygen atoms in total. The average molecular weight is 149 g/mol. The van der Waals surface area contributed by atoms with E-state index in [0.717, 1.165) is 6.42 Å². The Morgan fingerprint density at radius 3 is 2.73 bits per heavy atom. The molecule has 0 amide bonds. The molecule has 1 aromatic carbocycles. The van der Waals surface area contributed by atoms with E-state index >= 15 is 0 Å². The first-order valence-corrected chi connectivity index (χ1v) is 3.70. The van der Waals surface area contributed by atoms with Gasteiger partial charge in [0.1, 0.15) is 5.69 Å². The van der Waals surface area contributed by atoms with Gasteiger partial charge in [-0.3, -0.25) is 0 Å². The van der Waals surface area contributed by atoms with Gasteiger partial charge in [0.05, 0.1) is 0 Å². The van der Waals surface area contributed by atoms with Crippen LogP contribution in [-0.4, -0.2) is 0 Å². The Labute approximate surface area is 66.2 Å². The highest BCUT2D eigenvalue weighted by Gasteiger charge is 1.97. The number of rotatable bonds is 2. The predicted octanol–water partition coefficient (Wildman–Crippen LogP) is 2.96. The molecule has 0 aliphatic carbocycles. The third-order valence-electron chi connectivity index (χ3n) is 1.82. The molecule has 0 N–H and O–H groups in total. The molecule has 0 heterocycles. The summed E-state index contributed by atoms with van der Waals surface area (Å²) in [5, 5.41) is 2.87. The summed E-state index contributed by atoms with van der Waals surface area (Å²) in [6, 6.07) is 5.50. The molecular weight excluding hydrogens is 138 g/mol. The predicted molar refractivity (Wildman–Crippen MR) is 46.0 cm³/mol. The van der Waals surface area contributed by atoms with Gasteiger partial charge in [-0.05, 0) is 41.8 Å². The van der Waals surface area contributed by atoms with E-state index in [9.17, 15) is 4.91 Å². The lowest BCUT2D eigenvalue weighted by atomic mass is 10.1. The van der Waals surface area contributed by atoms with Crippen LogP contribution in [0.25, 0.3) is 0 Å². The lowest BCUT2D eigenvalue weighted by molar-refractivity contribution is 1.11. The van der Waals surface area contributed by atoms with Gasteiger partial charge in [0.2, 0.25) is 0 Å². The van der Waals surface area contributed by atoms with Crippen molar-refractivity contribution in [2.24, 2.45) is 5.18 Å². The van der Waals surface area contributed by atoms with E-state index in [4.69, 9.17) is 0 Å². The molecule has 58 valence electrons. The zero-order valence-electron chi connectivity index (χ0n) is 6.79. The molecule has 1 aromatic rings. The quantitative estimate of drug-likeness (QED) is 0.594. The van der Waals surface area contributed by atoms with E-state index in [1.54, 1.807) is 6.07 Å². The van der Waals surface area contributed by atoms with Crippen molar-refractivity contribution >= 4 is 5.69 Å². The highest BCUT2D eigenvalue weighted by atomic mass is 16.3. The van der Waals surface area contributed by atoms with Gasteiger partial charge in [-0.2, -0.15) is 0 Å². The lowest BCUT2D eigenvalue weighted by Gasteiger charge is -2.00. The summed E-state index contributed by atoms with van der Waals surface area (Å²) in [6.07, 6.45) is 0.954. The number of hydrogen-bond donors (Lipinski definition) is 0. The second-order valence-electron chi connectivity index (χ2n) is 2.56. The van der Waals surface area contributed by atoms with Gasteiger partial charge >= 0.3 is 0 Å². The molecule has 1 rings (SSSR count). The van der Waals surface area contributed by atoms with Crippen molar-refractivity contribution in [2.75, 3.05) is 0 Å². The molecule has 11 heavy (non-hydrogen) atoms. The summed E-state index contributed by atoms with van der Waals surface area (Å²) in [4.78, 5) is 10.1. The molecule has 0 unspecified atom stereocenters. The summed E-state index contributed by atoms with van der Waals surface area (Å²) < 4.78 is 0. The largest absolute Gasteiger partial charge is 0.145 e. The number of aryl methyl sites for hydroxylation is 2. The van der Waals surface area contributed by atoms with Crippen molar-refractivity contribution in [1.82, 2.24) is 0 Å². The monoisotopic (exact) mass is 149 g/mol. The van der Waals surface area contributed by atoms with Crippen LogP contribution in [0.2, 0.25) is 0 Å². The second kappa shape index (κ2) is 3.28. The minimum absolute atomic E-state index is 0.521. The van der Waals surface area contributed by atoms with Crippen molar-refractivity contribution in [3.05, 3.63) is 34.2 Å². The fraction of sp³-hybridized carbons (Fsp3) is 0.333. The van der Waals surface area contributed by atoms with E-state index in [1.165, 1.54) is 11.1 Å². The van der Waals surface area contributed by atoms with E-state index in [-0.39, 0.29) is 0 Å². The average Bonchev–Trinajstić information content (AvgIpc) is 2.05. The summed E-state index contributed by atoms with van der Waals surface area (Å²) >= 11 is 0. The Bertz CT molecular complexity index is 268. The summed E-state index contributed by atoms with van der Waals surface area (Å²) in [7, 11) is 0. The normalized spacial score (nSPS) is 9.64. The zero-order chi connectivity index (χ0) is 8.27. The van der Waals surface area contributed by atoms with Crippen LogP contribution in [0.3, 0.4) is 0 Å². The first-order chi connectivity index (χ1) is 5.27. The summed E-state index contributed by atoms with van der Waals surface area (Å²) in [5.41, 5.74) is 2.94. The number of nitroso groups, excluding NO2 is 1. The van der Waals surface area contributed by atoms with Crippen LogP contribution < -0.4 is 0 Å². The van der Waals surface area contributed by atoms with E-state index in [0.29, 0.717) is 5.69 Å². The molecule has 0 fully saturated rings. The van der Waals surface area contributed by atoms with Gasteiger partial charge in [0.15, 0.2) is 0 Å². The Morgan fingerprint density at radius 1 is 1.45 bits per heavy atom. The molecule has 0 saturated heterocycles. The van der Waals surface area contributed by atoms with Gasteiger partial charge < -0.3 is 0 Å². The van der Waals surface area contributed by atoms with Gasteiger partial charge in [0.25, 0.3) is 0 Å². The van der Waals surface area contributed by atoms with E-state index < -0.39 is 0 Å². The Kier molecular flexibility index (Phi) is 2.36. The first kappa shape index (κ1) is 7.92. The van der Waals surface area contributed by atoms with Gasteiger partial charge in [-0.1, -0.05) is 13.0 Å². The lowest BCUT2D eigenvalue weighted by Crippen LogP contribution is -1.83. The first-order valence-electron chi connectivity index (χ1n) is 3.70. The molecule has 0 bridgehead atoms. The minimum atomic E-state index is 0.521. The molecule has 0 saturated carbocycles. The van der Waals surface area contributed by atoms with Gasteiger partial charge in [0, 0.05) is 0 Å². The van der Waals surface area contributed by atoms with Crippen molar-refractivity contribution in [3.63, 3.8) is 0 Å². The highest BCUT2D eigenvalue weighted by molar-refractivity contribution is 5.43. The topological polar surface area (TPSA) is 29.4 Å². The fourth-order valence-corrected chi connectivity index (χ4v) is 1.10. The maximum atomic E-state index is 10.1. The fourth-order valence-electron chi connectivity index (χ4n) is 1.10. The van der Waals surface area contributed by atoms with Crippen molar-refractivity contribution in [2.45, 2.75) is 20.3 Å². The van der Waals surface area contributed by atoms with Crippen LogP contribution in [0, 0.1) is 11.8 Å². The Morgan fingerprint density at radius 2 is 2.18 bits per heavy atom. The molecule has 0 aromatic heterocycles. The second-order valence-corrected chi connectivity index (χ2v) is 2.56. The van der Waals surface area contributed by atoms with E-state index in [2.05, 4.69) is 12.1 Å². The molecule has 0 atom stereocenters. The smallest absolute Gasteiger partial charge is 0.108 e. The van der Waals surface area contributed by atoms with Crippen LogP contribution in [-0.2, 0) is 6.42 Å².